The normalized spacial score (nSPS) is 24.1. The topological polar surface area (TPSA) is 109 Å². The molecule has 4 atom stereocenters. The Kier molecular flexibility index (Phi) is 9.04. The fourth-order valence-corrected chi connectivity index (χ4v) is 4.70. The Hall–Kier alpha value is -0.723. The minimum absolute atomic E-state index is 0.0398. The standard InChI is InChI=1S/C21H43NO8SSi/c1-14(30-31(10,24)25)16-17(28-21(8,9)27-16)15(22-18(23)29-19(2,3)4)13-26-32(11,12)20(5,6)7/h14-17H,13H2,1-12H3,(H,22,23)/t14-,15-,16-,17-/m1/s1. The van der Waals surface area contributed by atoms with Crippen LogP contribution in [0.5, 0.6) is 0 Å². The monoisotopic (exact) mass is 497 g/mol. The largest absolute Gasteiger partial charge is 0.444 e. The van der Waals surface area contributed by atoms with E-state index in [0.717, 1.165) is 6.26 Å². The molecule has 0 aliphatic carbocycles. The second-order valence-corrected chi connectivity index (χ2v) is 17.8. The highest BCUT2D eigenvalue weighted by molar-refractivity contribution is 7.86. The number of ether oxygens (including phenoxy) is 3. The fraction of sp³-hybridized carbons (Fsp3) is 0.952. The van der Waals surface area contributed by atoms with Gasteiger partial charge in [0.2, 0.25) is 0 Å². The molecule has 0 aromatic carbocycles. The zero-order chi connectivity index (χ0) is 25.3. The molecule has 0 aromatic heterocycles. The molecule has 1 saturated heterocycles. The quantitative estimate of drug-likeness (QED) is 0.398. The van der Waals surface area contributed by atoms with E-state index in [0.29, 0.717) is 0 Å². The molecule has 1 aliphatic rings. The van der Waals surface area contributed by atoms with Crippen molar-refractivity contribution in [3.8, 4) is 0 Å². The molecular formula is C21H43NO8SSi. The Morgan fingerprint density at radius 1 is 1.09 bits per heavy atom. The second kappa shape index (κ2) is 9.87. The summed E-state index contributed by atoms with van der Waals surface area (Å²) in [6.07, 6.45) is -1.96. The highest BCUT2D eigenvalue weighted by Gasteiger charge is 2.50. The van der Waals surface area contributed by atoms with Gasteiger partial charge in [-0.15, -0.1) is 0 Å². The molecule has 9 nitrogen and oxygen atoms in total. The van der Waals surface area contributed by atoms with E-state index < -0.39 is 60.3 Å². The number of amides is 1. The second-order valence-electron chi connectivity index (χ2n) is 11.4. The lowest BCUT2D eigenvalue weighted by molar-refractivity contribution is -0.154. The van der Waals surface area contributed by atoms with Gasteiger partial charge in [-0.2, -0.15) is 8.42 Å². The molecule has 0 spiro atoms. The van der Waals surface area contributed by atoms with E-state index in [1.807, 2.05) is 0 Å². The van der Waals surface area contributed by atoms with E-state index >= 15 is 0 Å². The van der Waals surface area contributed by atoms with E-state index in [2.05, 4.69) is 39.2 Å². The van der Waals surface area contributed by atoms with Crippen LogP contribution in [0.4, 0.5) is 4.79 Å². The van der Waals surface area contributed by atoms with Gasteiger partial charge in [-0.1, -0.05) is 20.8 Å². The molecule has 0 unspecified atom stereocenters. The van der Waals surface area contributed by atoms with E-state index in [1.54, 1.807) is 41.5 Å². The Balaban J connectivity index is 3.21. The SMILES string of the molecule is C[C@@H](OS(C)(=O)=O)[C@H]1OC(C)(C)O[C@@H]1[C@@H](CO[Si](C)(C)C(C)(C)C)NC(=O)OC(C)(C)C. The van der Waals surface area contributed by atoms with Crippen LogP contribution in [0.25, 0.3) is 0 Å². The summed E-state index contributed by atoms with van der Waals surface area (Å²) in [5.74, 6) is -1.00. The third-order valence-corrected chi connectivity index (χ3v) is 10.6. The lowest BCUT2D eigenvalue weighted by Crippen LogP contribution is -2.55. The summed E-state index contributed by atoms with van der Waals surface area (Å²) in [5, 5.41) is 2.81. The van der Waals surface area contributed by atoms with Crippen molar-refractivity contribution >= 4 is 24.5 Å². The average Bonchev–Trinajstić information content (AvgIpc) is 2.82. The molecule has 1 heterocycles. The van der Waals surface area contributed by atoms with E-state index in [4.69, 9.17) is 22.8 Å². The number of rotatable bonds is 8. The van der Waals surface area contributed by atoms with E-state index in [1.165, 1.54) is 0 Å². The summed E-state index contributed by atoms with van der Waals surface area (Å²) >= 11 is 0. The molecule has 11 heteroatoms. The lowest BCUT2D eigenvalue weighted by Gasteiger charge is -2.38. The molecule has 0 saturated carbocycles. The van der Waals surface area contributed by atoms with Gasteiger partial charge in [-0.05, 0) is 59.7 Å². The minimum Gasteiger partial charge on any atom is -0.444 e. The smallest absolute Gasteiger partial charge is 0.408 e. The Morgan fingerprint density at radius 2 is 1.59 bits per heavy atom. The average molecular weight is 498 g/mol. The lowest BCUT2D eigenvalue weighted by atomic mass is 10.0. The molecule has 190 valence electrons. The van der Waals surface area contributed by atoms with Crippen LogP contribution in [0, 0.1) is 0 Å². The molecule has 1 fully saturated rings. The van der Waals surface area contributed by atoms with Crippen molar-refractivity contribution in [3.63, 3.8) is 0 Å². The maximum Gasteiger partial charge on any atom is 0.408 e. The third kappa shape index (κ3) is 9.26. The molecule has 0 aromatic rings. The number of nitrogens with one attached hydrogen (secondary N) is 1. The maximum absolute atomic E-state index is 12.6. The van der Waals surface area contributed by atoms with Crippen molar-refractivity contribution in [3.05, 3.63) is 0 Å². The third-order valence-electron chi connectivity index (χ3n) is 5.48. The molecule has 1 rings (SSSR count). The van der Waals surface area contributed by atoms with Crippen molar-refractivity contribution in [2.45, 2.75) is 116 Å². The number of hydrogen-bond acceptors (Lipinski definition) is 8. The summed E-state index contributed by atoms with van der Waals surface area (Å²) in [6.45, 7) is 21.1. The minimum atomic E-state index is -3.72. The maximum atomic E-state index is 12.6. The summed E-state index contributed by atoms with van der Waals surface area (Å²) in [4.78, 5) is 12.6. The van der Waals surface area contributed by atoms with Crippen molar-refractivity contribution in [2.24, 2.45) is 0 Å². The summed E-state index contributed by atoms with van der Waals surface area (Å²) in [7, 11) is -5.88. The van der Waals surface area contributed by atoms with Gasteiger partial charge in [0.1, 0.15) is 23.9 Å². The predicted molar refractivity (Wildman–Crippen MR) is 126 cm³/mol. The first-order chi connectivity index (χ1) is 14.0. The Bertz CT molecular complexity index is 755. The number of alkyl carbamates (subject to hydrolysis) is 1. The van der Waals surface area contributed by atoms with Crippen LogP contribution >= 0.6 is 0 Å². The number of hydrogen-bond donors (Lipinski definition) is 1. The van der Waals surface area contributed by atoms with E-state index in [9.17, 15) is 13.2 Å². The van der Waals surface area contributed by atoms with E-state index in [-0.39, 0.29) is 11.6 Å². The molecule has 0 radical (unpaired) electrons. The molecule has 1 N–H and O–H groups in total. The van der Waals surface area contributed by atoms with Gasteiger partial charge in [0.05, 0.1) is 18.9 Å². The van der Waals surface area contributed by atoms with Crippen molar-refractivity contribution in [1.82, 2.24) is 5.32 Å². The molecule has 32 heavy (non-hydrogen) atoms. The van der Waals surface area contributed by atoms with Crippen molar-refractivity contribution in [1.29, 1.82) is 0 Å². The van der Waals surface area contributed by atoms with Crippen molar-refractivity contribution in [2.75, 3.05) is 12.9 Å². The molecular weight excluding hydrogens is 454 g/mol. The van der Waals surface area contributed by atoms with Gasteiger partial charge in [0, 0.05) is 0 Å². The van der Waals surface area contributed by atoms with Crippen molar-refractivity contribution < 1.29 is 36.0 Å². The fourth-order valence-electron chi connectivity index (χ4n) is 3.01. The first-order valence-electron chi connectivity index (χ1n) is 10.9. The summed E-state index contributed by atoms with van der Waals surface area (Å²) in [5.41, 5.74) is -0.687. The van der Waals surface area contributed by atoms with Crippen LogP contribution in [0.1, 0.15) is 62.3 Å². The highest BCUT2D eigenvalue weighted by Crippen LogP contribution is 2.38. The first-order valence-corrected chi connectivity index (χ1v) is 15.6. The highest BCUT2D eigenvalue weighted by atomic mass is 32.2. The van der Waals surface area contributed by atoms with Crippen LogP contribution < -0.4 is 5.32 Å². The predicted octanol–water partition coefficient (Wildman–Crippen LogP) is 3.79. The molecule has 0 bridgehead atoms. The van der Waals surface area contributed by atoms with Crippen LogP contribution in [0.15, 0.2) is 0 Å². The van der Waals surface area contributed by atoms with Crippen LogP contribution in [0.2, 0.25) is 18.1 Å². The number of carbonyl (C=O) groups is 1. The summed E-state index contributed by atoms with van der Waals surface area (Å²) < 4.78 is 52.5. The Morgan fingerprint density at radius 3 is 2.03 bits per heavy atom. The molecule has 1 aliphatic heterocycles. The van der Waals surface area contributed by atoms with Gasteiger partial charge < -0.3 is 24.0 Å². The van der Waals surface area contributed by atoms with Gasteiger partial charge in [-0.25, -0.2) is 4.79 Å². The zero-order valence-electron chi connectivity index (χ0n) is 21.7. The van der Waals surface area contributed by atoms with Gasteiger partial charge in [-0.3, -0.25) is 4.18 Å². The van der Waals surface area contributed by atoms with Gasteiger partial charge in [0.15, 0.2) is 14.1 Å². The van der Waals surface area contributed by atoms with Gasteiger partial charge >= 0.3 is 6.09 Å². The summed E-state index contributed by atoms with van der Waals surface area (Å²) in [6, 6.07) is -0.656. The number of carbonyl (C=O) groups excluding carboxylic acids is 1. The van der Waals surface area contributed by atoms with Crippen LogP contribution in [0.3, 0.4) is 0 Å². The first kappa shape index (κ1) is 29.3. The molecule has 1 amide bonds. The zero-order valence-corrected chi connectivity index (χ0v) is 23.5. The van der Waals surface area contributed by atoms with Crippen LogP contribution in [-0.2, 0) is 32.9 Å². The Labute approximate surface area is 195 Å². The van der Waals surface area contributed by atoms with Gasteiger partial charge in [0.25, 0.3) is 10.1 Å². The van der Waals surface area contributed by atoms with Crippen LogP contribution in [-0.4, -0.2) is 71.4 Å².